The number of nitrogens with zero attached hydrogens (tertiary/aromatic N) is 3. The highest BCUT2D eigenvalue weighted by atomic mass is 79.9. The third-order valence-electron chi connectivity index (χ3n) is 4.16. The molecule has 0 aliphatic carbocycles. The number of carbonyl (C=O) groups is 1. The highest BCUT2D eigenvalue weighted by molar-refractivity contribution is 9.10. The Morgan fingerprint density at radius 1 is 1.35 bits per heavy atom. The predicted octanol–water partition coefficient (Wildman–Crippen LogP) is 4.40. The van der Waals surface area contributed by atoms with Gasteiger partial charge in [-0.05, 0) is 45.8 Å². The Labute approximate surface area is 161 Å². The molecule has 1 amide bonds. The van der Waals surface area contributed by atoms with Crippen molar-refractivity contribution in [2.45, 2.75) is 18.9 Å². The maximum absolute atomic E-state index is 13.3. The highest BCUT2D eigenvalue weighted by Crippen LogP contribution is 2.30. The van der Waals surface area contributed by atoms with Gasteiger partial charge < -0.3 is 13.8 Å². The van der Waals surface area contributed by atoms with Crippen molar-refractivity contribution in [2.75, 3.05) is 6.54 Å². The number of carbonyl (C=O) groups excluding carboxylic acids is 1. The maximum atomic E-state index is 13.3. The molecule has 3 aromatic rings. The van der Waals surface area contributed by atoms with Crippen molar-refractivity contribution in [1.82, 2.24) is 15.0 Å². The molecule has 9 heteroatoms. The summed E-state index contributed by atoms with van der Waals surface area (Å²) in [5.41, 5.74) is 0.764. The van der Waals surface area contributed by atoms with E-state index >= 15 is 0 Å². The summed E-state index contributed by atoms with van der Waals surface area (Å²) in [5, 5.41) is 4.01. The van der Waals surface area contributed by atoms with Crippen LogP contribution in [0.15, 0.2) is 43.9 Å². The average Bonchev–Trinajstić information content (AvgIpc) is 3.32. The van der Waals surface area contributed by atoms with Gasteiger partial charge in [-0.25, -0.2) is 4.39 Å². The van der Waals surface area contributed by atoms with E-state index < -0.39 is 5.82 Å². The van der Waals surface area contributed by atoms with Gasteiger partial charge in [-0.3, -0.25) is 4.79 Å². The summed E-state index contributed by atoms with van der Waals surface area (Å²) in [7, 11) is 0. The minimum absolute atomic E-state index is 0.0254. The first-order valence-corrected chi connectivity index (χ1v) is 8.97. The van der Waals surface area contributed by atoms with Crippen LogP contribution in [0.3, 0.4) is 0 Å². The molecule has 0 bridgehead atoms. The van der Waals surface area contributed by atoms with Crippen molar-refractivity contribution in [3.05, 3.63) is 57.2 Å². The van der Waals surface area contributed by atoms with E-state index in [9.17, 15) is 9.18 Å². The Bertz CT molecular complexity index is 974. The molecular weight excluding hydrogens is 429 g/mol. The van der Waals surface area contributed by atoms with E-state index in [0.717, 1.165) is 5.56 Å². The standard InChI is InChI=1S/C17H12BrClFN3O3/c18-14-4-3-13(25-14)17-21-16(22-26-17)10-6-15(24)23(8-10)7-9-1-2-12(20)11(19)5-9/h1-5,10H,6-8H2. The Morgan fingerprint density at radius 3 is 2.92 bits per heavy atom. The first kappa shape index (κ1) is 17.2. The molecule has 1 aliphatic heterocycles. The van der Waals surface area contributed by atoms with Crippen LogP contribution in [0.25, 0.3) is 11.7 Å². The lowest BCUT2D eigenvalue weighted by atomic mass is 10.1. The molecule has 26 heavy (non-hydrogen) atoms. The molecule has 1 aromatic carbocycles. The largest absolute Gasteiger partial charge is 0.444 e. The molecule has 0 radical (unpaired) electrons. The second-order valence-corrected chi connectivity index (χ2v) is 7.17. The third-order valence-corrected chi connectivity index (χ3v) is 4.88. The lowest BCUT2D eigenvalue weighted by molar-refractivity contribution is -0.128. The number of furan rings is 1. The summed E-state index contributed by atoms with van der Waals surface area (Å²) in [6.07, 6.45) is 0.287. The molecule has 4 rings (SSSR count). The highest BCUT2D eigenvalue weighted by Gasteiger charge is 2.34. The molecule has 134 valence electrons. The molecule has 3 heterocycles. The fraction of sp³-hybridized carbons (Fsp3) is 0.235. The monoisotopic (exact) mass is 439 g/mol. The van der Waals surface area contributed by atoms with Gasteiger partial charge in [0.1, 0.15) is 5.82 Å². The van der Waals surface area contributed by atoms with Crippen molar-refractivity contribution in [3.63, 3.8) is 0 Å². The molecule has 1 aliphatic rings. The van der Waals surface area contributed by atoms with Crippen molar-refractivity contribution in [1.29, 1.82) is 0 Å². The van der Waals surface area contributed by atoms with Gasteiger partial charge in [-0.15, -0.1) is 0 Å². The van der Waals surface area contributed by atoms with E-state index in [-0.39, 0.29) is 29.2 Å². The van der Waals surface area contributed by atoms with Crippen molar-refractivity contribution in [2.24, 2.45) is 0 Å². The predicted molar refractivity (Wildman–Crippen MR) is 93.9 cm³/mol. The van der Waals surface area contributed by atoms with Gasteiger partial charge in [0, 0.05) is 25.4 Å². The van der Waals surface area contributed by atoms with Crippen LogP contribution in [0.4, 0.5) is 4.39 Å². The number of halogens is 3. The van der Waals surface area contributed by atoms with Gasteiger partial charge in [0.2, 0.25) is 5.91 Å². The first-order valence-electron chi connectivity index (χ1n) is 7.80. The first-order chi connectivity index (χ1) is 12.5. The van der Waals surface area contributed by atoms with E-state index in [4.69, 9.17) is 20.5 Å². The zero-order valence-corrected chi connectivity index (χ0v) is 15.6. The molecule has 0 N–H and O–H groups in total. The van der Waals surface area contributed by atoms with E-state index in [1.807, 2.05) is 0 Å². The van der Waals surface area contributed by atoms with Crippen molar-refractivity contribution < 1.29 is 18.1 Å². The second-order valence-electron chi connectivity index (χ2n) is 5.99. The SMILES string of the molecule is O=C1CC(c2noc(-c3ccc(Br)o3)n2)CN1Cc1ccc(F)c(Cl)c1. The van der Waals surface area contributed by atoms with Gasteiger partial charge in [0.05, 0.1) is 5.02 Å². The summed E-state index contributed by atoms with van der Waals surface area (Å²) in [6.45, 7) is 0.805. The van der Waals surface area contributed by atoms with Gasteiger partial charge >= 0.3 is 0 Å². The number of hydrogen-bond acceptors (Lipinski definition) is 5. The van der Waals surface area contributed by atoms with Crippen LogP contribution in [-0.2, 0) is 11.3 Å². The van der Waals surface area contributed by atoms with Crippen LogP contribution in [0, 0.1) is 5.82 Å². The third kappa shape index (κ3) is 3.39. The molecule has 6 nitrogen and oxygen atoms in total. The normalized spacial score (nSPS) is 17.3. The number of benzene rings is 1. The average molecular weight is 441 g/mol. The van der Waals surface area contributed by atoms with Gasteiger partial charge in [-0.1, -0.05) is 22.8 Å². The molecule has 1 fully saturated rings. The summed E-state index contributed by atoms with van der Waals surface area (Å²) < 4.78 is 24.4. The van der Waals surface area contributed by atoms with Gasteiger partial charge in [-0.2, -0.15) is 4.98 Å². The maximum Gasteiger partial charge on any atom is 0.293 e. The lowest BCUT2D eigenvalue weighted by Gasteiger charge is -2.16. The Kier molecular flexibility index (Phi) is 4.54. The quantitative estimate of drug-likeness (QED) is 0.601. The molecule has 0 spiro atoms. The van der Waals surface area contributed by atoms with E-state index in [2.05, 4.69) is 26.1 Å². The number of rotatable bonds is 4. The Morgan fingerprint density at radius 2 is 2.19 bits per heavy atom. The van der Waals surface area contributed by atoms with Crippen molar-refractivity contribution in [3.8, 4) is 11.7 Å². The summed E-state index contributed by atoms with van der Waals surface area (Å²) in [6, 6.07) is 7.88. The topological polar surface area (TPSA) is 72.4 Å². The second kappa shape index (κ2) is 6.85. The zero-order valence-electron chi connectivity index (χ0n) is 13.3. The molecule has 1 atom stereocenters. The summed E-state index contributed by atoms with van der Waals surface area (Å²) in [5.74, 6) is 0.502. The fourth-order valence-electron chi connectivity index (χ4n) is 2.89. The minimum atomic E-state index is -0.482. The summed E-state index contributed by atoms with van der Waals surface area (Å²) >= 11 is 9.02. The van der Waals surface area contributed by atoms with E-state index in [0.29, 0.717) is 29.3 Å². The van der Waals surface area contributed by atoms with Crippen LogP contribution in [0.1, 0.15) is 23.7 Å². The number of likely N-dealkylation sites (tertiary alicyclic amines) is 1. The number of hydrogen-bond donors (Lipinski definition) is 0. The van der Waals surface area contributed by atoms with Crippen LogP contribution in [0.5, 0.6) is 0 Å². The fourth-order valence-corrected chi connectivity index (χ4v) is 3.40. The Balaban J connectivity index is 1.47. The minimum Gasteiger partial charge on any atom is -0.444 e. The van der Waals surface area contributed by atoms with Gasteiger partial charge in [0.15, 0.2) is 16.3 Å². The lowest BCUT2D eigenvalue weighted by Crippen LogP contribution is -2.24. The molecule has 1 saturated heterocycles. The van der Waals surface area contributed by atoms with Crippen molar-refractivity contribution >= 4 is 33.4 Å². The number of aromatic nitrogens is 2. The Hall–Kier alpha value is -2.19. The molecule has 2 aromatic heterocycles. The van der Waals surface area contributed by atoms with E-state index in [1.165, 1.54) is 12.1 Å². The van der Waals surface area contributed by atoms with Crippen LogP contribution in [0.2, 0.25) is 5.02 Å². The molecular formula is C17H12BrClFN3O3. The van der Waals surface area contributed by atoms with Crippen LogP contribution >= 0.6 is 27.5 Å². The molecule has 0 saturated carbocycles. The van der Waals surface area contributed by atoms with Gasteiger partial charge in [0.25, 0.3) is 5.89 Å². The van der Waals surface area contributed by atoms with Crippen LogP contribution in [-0.4, -0.2) is 27.5 Å². The molecule has 1 unspecified atom stereocenters. The van der Waals surface area contributed by atoms with Crippen LogP contribution < -0.4 is 0 Å². The smallest absolute Gasteiger partial charge is 0.293 e. The zero-order chi connectivity index (χ0) is 18.3. The summed E-state index contributed by atoms with van der Waals surface area (Å²) in [4.78, 5) is 18.3. The van der Waals surface area contributed by atoms with E-state index in [1.54, 1.807) is 23.1 Å². The number of amides is 1.